The summed E-state index contributed by atoms with van der Waals surface area (Å²) in [5.41, 5.74) is 7.55. The molecule has 43 heavy (non-hydrogen) atoms. The summed E-state index contributed by atoms with van der Waals surface area (Å²) in [7, 11) is -3.28. The molecule has 2 atom stereocenters. The molecule has 0 unspecified atom stereocenters. The largest absolute Gasteiger partial charge is 0.457 e. The molecule has 0 bridgehead atoms. The molecule has 1 aliphatic rings. The highest BCUT2D eigenvalue weighted by Gasteiger charge is 2.40. The number of ether oxygens (including phenoxy) is 1. The number of carbonyl (C=O) groups is 2. The Morgan fingerprint density at radius 2 is 1.49 bits per heavy atom. The molecule has 8 nitrogen and oxygen atoms in total. The van der Waals surface area contributed by atoms with Crippen molar-refractivity contribution in [2.45, 2.75) is 56.1 Å². The number of piperazine rings is 1. The van der Waals surface area contributed by atoms with Crippen molar-refractivity contribution < 1.29 is 22.7 Å². The monoisotopic (exact) mass is 599 g/mol. The van der Waals surface area contributed by atoms with Crippen molar-refractivity contribution in [2.24, 2.45) is 5.73 Å². The first kappa shape index (κ1) is 30.3. The minimum atomic E-state index is -3.28. The van der Waals surface area contributed by atoms with E-state index in [4.69, 9.17) is 10.5 Å². The minimum Gasteiger partial charge on any atom is -0.457 e. The summed E-state index contributed by atoms with van der Waals surface area (Å²) in [6, 6.07) is 26.7. The smallest absolute Gasteiger partial charge is 0.246 e. The lowest BCUT2D eigenvalue weighted by atomic mass is 9.96. The Morgan fingerprint density at radius 1 is 0.837 bits per heavy atom. The molecule has 3 N–H and O–H groups in total. The van der Waals surface area contributed by atoms with E-state index >= 15 is 0 Å². The van der Waals surface area contributed by atoms with Crippen molar-refractivity contribution in [3.05, 3.63) is 102 Å². The molecule has 224 valence electrons. The van der Waals surface area contributed by atoms with Gasteiger partial charge in [-0.15, -0.1) is 0 Å². The molecule has 1 heterocycles. The molecule has 0 spiro atoms. The van der Waals surface area contributed by atoms with Crippen LogP contribution in [0.3, 0.4) is 0 Å². The number of nitrogens with zero attached hydrogens (tertiary/aromatic N) is 1. The number of fused-ring (bicyclic) bond motifs is 1. The third-order valence-electron chi connectivity index (χ3n) is 7.84. The van der Waals surface area contributed by atoms with Crippen LogP contribution in [0.1, 0.15) is 37.3 Å². The van der Waals surface area contributed by atoms with Gasteiger partial charge < -0.3 is 20.7 Å². The maximum atomic E-state index is 13.8. The van der Waals surface area contributed by atoms with E-state index in [1.165, 1.54) is 12.1 Å². The second-order valence-electron chi connectivity index (χ2n) is 10.8. The van der Waals surface area contributed by atoms with Crippen molar-refractivity contribution in [3.8, 4) is 11.5 Å². The van der Waals surface area contributed by atoms with Gasteiger partial charge in [0.25, 0.3) is 0 Å². The van der Waals surface area contributed by atoms with E-state index in [1.807, 2.05) is 48.5 Å². The number of unbranched alkanes of at least 4 members (excludes halogenated alkanes) is 1. The Kier molecular flexibility index (Phi) is 9.43. The molecule has 1 aliphatic heterocycles. The van der Waals surface area contributed by atoms with E-state index in [0.717, 1.165) is 34.7 Å². The van der Waals surface area contributed by atoms with Gasteiger partial charge in [-0.25, -0.2) is 8.42 Å². The predicted octanol–water partition coefficient (Wildman–Crippen LogP) is 4.99. The van der Waals surface area contributed by atoms with E-state index in [2.05, 4.69) is 11.4 Å². The van der Waals surface area contributed by atoms with E-state index < -0.39 is 21.9 Å². The zero-order chi connectivity index (χ0) is 30.4. The van der Waals surface area contributed by atoms with Crippen LogP contribution in [-0.2, 0) is 32.4 Å². The molecule has 4 aromatic carbocycles. The number of nitrogens with one attached hydrogen (secondary N) is 1. The third-order valence-corrected chi connectivity index (χ3v) is 9.59. The van der Waals surface area contributed by atoms with Gasteiger partial charge in [-0.3, -0.25) is 9.59 Å². The first-order valence-corrected chi connectivity index (χ1v) is 16.3. The highest BCUT2D eigenvalue weighted by atomic mass is 32.2. The molecule has 0 aliphatic carbocycles. The molecule has 1 fully saturated rings. The number of sulfone groups is 1. The molecule has 1 saturated heterocycles. The Bertz CT molecular complexity index is 1690. The molecule has 0 saturated carbocycles. The minimum absolute atomic E-state index is 0.0356. The van der Waals surface area contributed by atoms with Crippen LogP contribution in [-0.4, -0.2) is 49.5 Å². The molecule has 9 heteroatoms. The van der Waals surface area contributed by atoms with Gasteiger partial charge in [0.2, 0.25) is 11.8 Å². The predicted molar refractivity (Wildman–Crippen MR) is 168 cm³/mol. The zero-order valence-electron chi connectivity index (χ0n) is 24.2. The first-order chi connectivity index (χ1) is 20.8. The van der Waals surface area contributed by atoms with Gasteiger partial charge in [-0.1, -0.05) is 61.5 Å². The quantitative estimate of drug-likeness (QED) is 0.222. The highest BCUT2D eigenvalue weighted by molar-refractivity contribution is 7.91. The first-order valence-electron chi connectivity index (χ1n) is 14.7. The van der Waals surface area contributed by atoms with Crippen LogP contribution in [0.5, 0.6) is 11.5 Å². The molecular weight excluding hydrogens is 562 g/mol. The number of benzene rings is 4. The molecule has 5 rings (SSSR count). The Hall–Kier alpha value is -4.21. The van der Waals surface area contributed by atoms with Gasteiger partial charge in [-0.05, 0) is 84.1 Å². The SMILES string of the molecule is CCS(=O)(=O)c1ccc(Oc2ccc(CN3C(=O)[C@H](Cc4ccc5ccccc5c4)NC(=O)[C@@H]3CCCCN)cc2)cc1. The van der Waals surface area contributed by atoms with E-state index in [0.29, 0.717) is 30.9 Å². The molecule has 0 aromatic heterocycles. The maximum Gasteiger partial charge on any atom is 0.246 e. The maximum absolute atomic E-state index is 13.8. The van der Waals surface area contributed by atoms with Crippen LogP contribution in [0, 0.1) is 0 Å². The summed E-state index contributed by atoms with van der Waals surface area (Å²) in [4.78, 5) is 29.1. The number of nitrogens with two attached hydrogens (primary N) is 1. The van der Waals surface area contributed by atoms with Crippen LogP contribution in [0.4, 0.5) is 0 Å². The fourth-order valence-corrected chi connectivity index (χ4v) is 6.28. The Morgan fingerprint density at radius 3 is 2.16 bits per heavy atom. The summed E-state index contributed by atoms with van der Waals surface area (Å²) in [5.74, 6) is 0.880. The zero-order valence-corrected chi connectivity index (χ0v) is 25.1. The fourth-order valence-electron chi connectivity index (χ4n) is 5.40. The van der Waals surface area contributed by atoms with Crippen LogP contribution < -0.4 is 15.8 Å². The second kappa shape index (κ2) is 13.4. The van der Waals surface area contributed by atoms with Crippen molar-refractivity contribution in [1.82, 2.24) is 10.2 Å². The standard InChI is InChI=1S/C34H37N3O5S/c1-2-43(40,41)30-18-16-29(17-19-30)42-28-14-11-24(12-15-28)23-37-32(9-5-6-20-35)33(38)36-31(34(37)39)22-25-10-13-26-7-3-4-8-27(26)21-25/h3-4,7-8,10-19,21,31-32H,2,5-6,9,20,22-23,35H2,1H3,(H,36,38)/t31-,32-/m0/s1. The lowest BCUT2D eigenvalue weighted by molar-refractivity contribution is -0.150. The second-order valence-corrected chi connectivity index (χ2v) is 13.1. The number of carbonyl (C=O) groups excluding carboxylic acids is 2. The topological polar surface area (TPSA) is 119 Å². The van der Waals surface area contributed by atoms with Gasteiger partial charge >= 0.3 is 0 Å². The summed E-state index contributed by atoms with van der Waals surface area (Å²) in [5, 5.41) is 5.21. The highest BCUT2D eigenvalue weighted by Crippen LogP contribution is 2.26. The van der Waals surface area contributed by atoms with Crippen LogP contribution in [0.2, 0.25) is 0 Å². The van der Waals surface area contributed by atoms with Gasteiger partial charge in [0.1, 0.15) is 23.6 Å². The summed E-state index contributed by atoms with van der Waals surface area (Å²) in [6.07, 6.45) is 2.48. The van der Waals surface area contributed by atoms with Crippen LogP contribution in [0.15, 0.2) is 95.9 Å². The van der Waals surface area contributed by atoms with Gasteiger partial charge in [0.15, 0.2) is 9.84 Å². The lowest BCUT2D eigenvalue weighted by Gasteiger charge is -2.39. The number of hydrogen-bond acceptors (Lipinski definition) is 6. The number of rotatable bonds is 12. The summed E-state index contributed by atoms with van der Waals surface area (Å²) in [6.45, 7) is 2.43. The van der Waals surface area contributed by atoms with Crippen molar-refractivity contribution in [1.29, 1.82) is 0 Å². The molecule has 4 aromatic rings. The van der Waals surface area contributed by atoms with Crippen molar-refractivity contribution in [2.75, 3.05) is 12.3 Å². The average Bonchev–Trinajstić information content (AvgIpc) is 3.02. The van der Waals surface area contributed by atoms with Crippen molar-refractivity contribution in [3.63, 3.8) is 0 Å². The van der Waals surface area contributed by atoms with Gasteiger partial charge in [0, 0.05) is 13.0 Å². The summed E-state index contributed by atoms with van der Waals surface area (Å²) < 4.78 is 30.1. The van der Waals surface area contributed by atoms with Crippen molar-refractivity contribution >= 4 is 32.4 Å². The fraction of sp³-hybridized carbons (Fsp3) is 0.294. The lowest BCUT2D eigenvalue weighted by Crippen LogP contribution is -2.63. The number of amides is 2. The Balaban J connectivity index is 1.30. The average molecular weight is 600 g/mol. The normalized spacial score (nSPS) is 17.2. The van der Waals surface area contributed by atoms with Crippen LogP contribution in [0.25, 0.3) is 10.8 Å². The van der Waals surface area contributed by atoms with E-state index in [1.54, 1.807) is 36.1 Å². The Labute approximate surface area is 252 Å². The van der Waals surface area contributed by atoms with Gasteiger partial charge in [0.05, 0.1) is 10.6 Å². The van der Waals surface area contributed by atoms with E-state index in [-0.39, 0.29) is 29.0 Å². The van der Waals surface area contributed by atoms with Crippen LogP contribution >= 0.6 is 0 Å². The third kappa shape index (κ3) is 7.24. The van der Waals surface area contributed by atoms with Gasteiger partial charge in [-0.2, -0.15) is 0 Å². The van der Waals surface area contributed by atoms with E-state index in [9.17, 15) is 18.0 Å². The number of hydrogen-bond donors (Lipinski definition) is 2. The molecule has 0 radical (unpaired) electrons. The molecule has 2 amide bonds. The molecular formula is C34H37N3O5S. The summed E-state index contributed by atoms with van der Waals surface area (Å²) >= 11 is 0.